The third-order valence-corrected chi connectivity index (χ3v) is 3.83. The number of carboxylic acids is 1. The van der Waals surface area contributed by atoms with Crippen LogP contribution in [0.5, 0.6) is 0 Å². The SMILES string of the molecule is O=C(CSc1ccc(Cl)cc1)Nc1cccc(C(=O)[O-])c1. The fourth-order valence-corrected chi connectivity index (χ4v) is 2.43. The van der Waals surface area contributed by atoms with E-state index in [2.05, 4.69) is 5.32 Å². The number of amides is 1. The van der Waals surface area contributed by atoms with Crippen LogP contribution in [0.3, 0.4) is 0 Å². The molecule has 0 heterocycles. The summed E-state index contributed by atoms with van der Waals surface area (Å²) < 4.78 is 0. The molecule has 1 amide bonds. The van der Waals surface area contributed by atoms with Crippen molar-refractivity contribution in [3.05, 3.63) is 59.1 Å². The van der Waals surface area contributed by atoms with Crippen LogP contribution in [-0.4, -0.2) is 17.6 Å². The predicted molar refractivity (Wildman–Crippen MR) is 81.6 cm³/mol. The molecule has 2 aromatic rings. The lowest BCUT2D eigenvalue weighted by molar-refractivity contribution is -0.255. The number of carboxylic acid groups (broad SMARTS) is 1. The first-order valence-corrected chi connectivity index (χ1v) is 7.40. The zero-order valence-electron chi connectivity index (χ0n) is 10.8. The van der Waals surface area contributed by atoms with Crippen LogP contribution < -0.4 is 10.4 Å². The van der Waals surface area contributed by atoms with Crippen LogP contribution in [0.15, 0.2) is 53.4 Å². The number of thioether (sulfide) groups is 1. The summed E-state index contributed by atoms with van der Waals surface area (Å²) in [4.78, 5) is 23.5. The van der Waals surface area contributed by atoms with Gasteiger partial charge in [0.25, 0.3) is 0 Å². The maximum absolute atomic E-state index is 11.8. The van der Waals surface area contributed by atoms with Crippen molar-refractivity contribution >= 4 is 40.9 Å². The Morgan fingerprint density at radius 3 is 2.52 bits per heavy atom. The van der Waals surface area contributed by atoms with Crippen molar-refractivity contribution in [1.29, 1.82) is 0 Å². The molecule has 0 spiro atoms. The molecule has 0 atom stereocenters. The van der Waals surface area contributed by atoms with Crippen molar-refractivity contribution in [1.82, 2.24) is 0 Å². The van der Waals surface area contributed by atoms with Crippen molar-refractivity contribution in [3.8, 4) is 0 Å². The van der Waals surface area contributed by atoms with E-state index in [9.17, 15) is 14.7 Å². The van der Waals surface area contributed by atoms with Gasteiger partial charge < -0.3 is 15.2 Å². The van der Waals surface area contributed by atoms with Crippen LogP contribution in [0.2, 0.25) is 5.02 Å². The molecule has 0 aliphatic carbocycles. The van der Waals surface area contributed by atoms with Crippen molar-refractivity contribution in [2.24, 2.45) is 0 Å². The lowest BCUT2D eigenvalue weighted by atomic mass is 10.2. The van der Waals surface area contributed by atoms with Crippen LogP contribution >= 0.6 is 23.4 Å². The highest BCUT2D eigenvalue weighted by atomic mass is 35.5. The number of rotatable bonds is 5. The molecule has 0 aliphatic rings. The van der Waals surface area contributed by atoms with Gasteiger partial charge in [0.1, 0.15) is 0 Å². The number of carbonyl (C=O) groups is 2. The van der Waals surface area contributed by atoms with E-state index in [0.29, 0.717) is 10.7 Å². The molecule has 0 saturated heterocycles. The Bertz CT molecular complexity index is 658. The molecule has 0 fully saturated rings. The van der Waals surface area contributed by atoms with E-state index < -0.39 is 5.97 Å². The first-order valence-electron chi connectivity index (χ1n) is 6.04. The largest absolute Gasteiger partial charge is 0.545 e. The normalized spacial score (nSPS) is 10.1. The van der Waals surface area contributed by atoms with Gasteiger partial charge in [-0.25, -0.2) is 0 Å². The number of carbonyl (C=O) groups excluding carboxylic acids is 2. The molecular weight excluding hydrogens is 310 g/mol. The molecule has 108 valence electrons. The molecule has 0 bridgehead atoms. The summed E-state index contributed by atoms with van der Waals surface area (Å²) in [5.74, 6) is -1.27. The summed E-state index contributed by atoms with van der Waals surface area (Å²) in [6.45, 7) is 0. The van der Waals surface area contributed by atoms with Crippen LogP contribution in [0.25, 0.3) is 0 Å². The van der Waals surface area contributed by atoms with E-state index >= 15 is 0 Å². The van der Waals surface area contributed by atoms with E-state index in [1.54, 1.807) is 24.3 Å². The average molecular weight is 321 g/mol. The van der Waals surface area contributed by atoms with Crippen molar-refractivity contribution in [3.63, 3.8) is 0 Å². The molecule has 0 aromatic heterocycles. The third kappa shape index (κ3) is 4.81. The molecule has 2 rings (SSSR count). The molecule has 0 radical (unpaired) electrons. The quantitative estimate of drug-likeness (QED) is 0.859. The van der Waals surface area contributed by atoms with E-state index in [1.807, 2.05) is 12.1 Å². The van der Waals surface area contributed by atoms with Crippen molar-refractivity contribution in [2.75, 3.05) is 11.1 Å². The summed E-state index contributed by atoms with van der Waals surface area (Å²) in [6, 6.07) is 13.1. The zero-order chi connectivity index (χ0) is 15.2. The highest BCUT2D eigenvalue weighted by Gasteiger charge is 2.05. The van der Waals surface area contributed by atoms with Gasteiger partial charge in [-0.15, -0.1) is 11.8 Å². The second-order valence-corrected chi connectivity index (χ2v) is 5.64. The Kier molecular flexibility index (Phi) is 5.25. The van der Waals surface area contributed by atoms with Gasteiger partial charge in [-0.3, -0.25) is 4.79 Å². The van der Waals surface area contributed by atoms with Gasteiger partial charge in [0.05, 0.1) is 11.7 Å². The smallest absolute Gasteiger partial charge is 0.234 e. The first kappa shape index (κ1) is 15.4. The molecule has 6 heteroatoms. The lowest BCUT2D eigenvalue weighted by Crippen LogP contribution is -2.22. The van der Waals surface area contributed by atoms with Crippen LogP contribution in [0, 0.1) is 0 Å². The number of halogens is 1. The molecule has 2 aromatic carbocycles. The summed E-state index contributed by atoms with van der Waals surface area (Å²) in [5, 5.41) is 14.0. The van der Waals surface area contributed by atoms with Gasteiger partial charge in [-0.05, 0) is 42.0 Å². The minimum absolute atomic E-state index is 0.0261. The standard InChI is InChI=1S/C15H12ClNO3S/c16-11-4-6-13(7-5-11)21-9-14(18)17-12-3-1-2-10(8-12)15(19)20/h1-8H,9H2,(H,17,18)(H,19,20)/p-1. The lowest BCUT2D eigenvalue weighted by Gasteiger charge is -2.08. The molecule has 1 N–H and O–H groups in total. The van der Waals surface area contributed by atoms with Crippen molar-refractivity contribution in [2.45, 2.75) is 4.90 Å². The van der Waals surface area contributed by atoms with Gasteiger partial charge in [0, 0.05) is 15.6 Å². The Morgan fingerprint density at radius 2 is 1.86 bits per heavy atom. The van der Waals surface area contributed by atoms with Crippen molar-refractivity contribution < 1.29 is 14.7 Å². The number of nitrogens with one attached hydrogen (secondary N) is 1. The van der Waals surface area contributed by atoms with Crippen LogP contribution in [0.4, 0.5) is 5.69 Å². The number of benzene rings is 2. The molecule has 4 nitrogen and oxygen atoms in total. The third-order valence-electron chi connectivity index (χ3n) is 2.57. The molecule has 0 unspecified atom stereocenters. The maximum Gasteiger partial charge on any atom is 0.234 e. The monoisotopic (exact) mass is 320 g/mol. The average Bonchev–Trinajstić information content (AvgIpc) is 2.47. The van der Waals surface area contributed by atoms with Gasteiger partial charge in [-0.2, -0.15) is 0 Å². The number of hydrogen-bond donors (Lipinski definition) is 1. The zero-order valence-corrected chi connectivity index (χ0v) is 12.4. The van der Waals surface area contributed by atoms with Gasteiger partial charge >= 0.3 is 0 Å². The molecule has 21 heavy (non-hydrogen) atoms. The minimum Gasteiger partial charge on any atom is -0.545 e. The van der Waals surface area contributed by atoms with Gasteiger partial charge in [0.2, 0.25) is 5.91 Å². The predicted octanol–water partition coefficient (Wildman–Crippen LogP) is 2.43. The fourth-order valence-electron chi connectivity index (χ4n) is 1.60. The van der Waals surface area contributed by atoms with Crippen LogP contribution in [0.1, 0.15) is 10.4 Å². The number of anilines is 1. The van der Waals surface area contributed by atoms with E-state index in [-0.39, 0.29) is 17.2 Å². The Balaban J connectivity index is 1.91. The van der Waals surface area contributed by atoms with Gasteiger partial charge in [0.15, 0.2) is 0 Å². The Labute approximate surface area is 131 Å². The number of hydrogen-bond acceptors (Lipinski definition) is 4. The summed E-state index contributed by atoms with van der Waals surface area (Å²) in [5.41, 5.74) is 0.455. The van der Waals surface area contributed by atoms with E-state index in [0.717, 1.165) is 4.90 Å². The second kappa shape index (κ2) is 7.15. The fraction of sp³-hybridized carbons (Fsp3) is 0.0667. The molecule has 0 aliphatic heterocycles. The number of aromatic carboxylic acids is 1. The second-order valence-electron chi connectivity index (χ2n) is 4.16. The summed E-state index contributed by atoms with van der Waals surface area (Å²) in [7, 11) is 0. The van der Waals surface area contributed by atoms with Gasteiger partial charge in [-0.1, -0.05) is 23.7 Å². The van der Waals surface area contributed by atoms with Crippen LogP contribution in [-0.2, 0) is 4.79 Å². The minimum atomic E-state index is -1.28. The first-order chi connectivity index (χ1) is 10.0. The molecular formula is C15H11ClNO3S-. The topological polar surface area (TPSA) is 69.2 Å². The van der Waals surface area contributed by atoms with E-state index in [1.165, 1.54) is 23.9 Å². The Morgan fingerprint density at radius 1 is 1.14 bits per heavy atom. The molecule has 0 saturated carbocycles. The highest BCUT2D eigenvalue weighted by molar-refractivity contribution is 8.00. The van der Waals surface area contributed by atoms with E-state index in [4.69, 9.17) is 11.6 Å². The maximum atomic E-state index is 11.8. The summed E-state index contributed by atoms with van der Waals surface area (Å²) in [6.07, 6.45) is 0. The summed E-state index contributed by atoms with van der Waals surface area (Å²) >= 11 is 7.15. The highest BCUT2D eigenvalue weighted by Crippen LogP contribution is 2.20. The Hall–Kier alpha value is -1.98.